The highest BCUT2D eigenvalue weighted by atomic mass is 16.4. The summed E-state index contributed by atoms with van der Waals surface area (Å²) in [5.74, 6) is -0.0859. The van der Waals surface area contributed by atoms with Crippen LogP contribution < -0.4 is 0 Å². The lowest BCUT2D eigenvalue weighted by atomic mass is 10.0. The predicted molar refractivity (Wildman–Crippen MR) is 38.2 cm³/mol. The molecule has 3 heteroatoms. The van der Waals surface area contributed by atoms with Crippen LogP contribution in [0.4, 0.5) is 0 Å². The summed E-state index contributed by atoms with van der Waals surface area (Å²) in [5, 5.41) is 8.99. The van der Waals surface area contributed by atoms with Gasteiger partial charge in [-0.2, -0.15) is 0 Å². The van der Waals surface area contributed by atoms with Crippen molar-refractivity contribution in [1.82, 2.24) is 4.90 Å². The van der Waals surface area contributed by atoms with Crippen molar-refractivity contribution in [2.75, 3.05) is 6.54 Å². The maximum atomic E-state index is 10.9. The van der Waals surface area contributed by atoms with E-state index in [9.17, 15) is 4.79 Å². The molecule has 11 heavy (non-hydrogen) atoms. The smallest absolute Gasteiger partial charge is 0.324 e. The quantitative estimate of drug-likeness (QED) is 0.589. The van der Waals surface area contributed by atoms with E-state index in [4.69, 9.17) is 5.11 Å². The van der Waals surface area contributed by atoms with E-state index >= 15 is 0 Å². The largest absolute Gasteiger partial charge is 0.480 e. The molecule has 3 unspecified atom stereocenters. The molecule has 3 atom stereocenters. The Balaban J connectivity index is 1.96. The monoisotopic (exact) mass is 153 g/mol. The van der Waals surface area contributed by atoms with Crippen LogP contribution in [0.3, 0.4) is 0 Å². The molecule has 1 aliphatic carbocycles. The lowest BCUT2D eigenvalue weighted by molar-refractivity contribution is -0.147. The Morgan fingerprint density at radius 2 is 2.45 bits per heavy atom. The van der Waals surface area contributed by atoms with Crippen molar-refractivity contribution in [3.8, 4) is 0 Å². The van der Waals surface area contributed by atoms with Crippen LogP contribution in [-0.4, -0.2) is 34.1 Å². The number of hydrogen-bond acceptors (Lipinski definition) is 2. The van der Waals surface area contributed by atoms with Crippen molar-refractivity contribution in [2.24, 2.45) is 5.92 Å². The van der Waals surface area contributed by atoms with E-state index in [1.165, 1.54) is 6.42 Å². The van der Waals surface area contributed by atoms with Gasteiger partial charge in [-0.25, -0.2) is 0 Å². The van der Waals surface area contributed by atoms with Crippen molar-refractivity contribution < 1.29 is 9.90 Å². The zero-order chi connectivity index (χ0) is 7.64. The fourth-order valence-corrected chi connectivity index (χ4v) is 2.87. The van der Waals surface area contributed by atoms with Crippen molar-refractivity contribution in [3.05, 3.63) is 0 Å². The summed E-state index contributed by atoms with van der Waals surface area (Å²) in [5.41, 5.74) is -0.372. The summed E-state index contributed by atoms with van der Waals surface area (Å²) in [4.78, 5) is 13.1. The Labute approximate surface area is 65.0 Å². The third kappa shape index (κ3) is 0.466. The first-order valence-corrected chi connectivity index (χ1v) is 4.25. The van der Waals surface area contributed by atoms with Crippen molar-refractivity contribution in [3.63, 3.8) is 0 Å². The molecule has 0 bridgehead atoms. The second-order valence-corrected chi connectivity index (χ2v) is 4.00. The van der Waals surface area contributed by atoms with Gasteiger partial charge >= 0.3 is 5.97 Å². The van der Waals surface area contributed by atoms with Crippen LogP contribution in [0, 0.1) is 5.92 Å². The highest BCUT2D eigenvalue weighted by Gasteiger charge is 2.72. The molecule has 0 spiro atoms. The van der Waals surface area contributed by atoms with Crippen LogP contribution in [0.15, 0.2) is 0 Å². The molecule has 0 aromatic carbocycles. The summed E-state index contributed by atoms with van der Waals surface area (Å²) in [6.45, 7) is 1.02. The SMILES string of the molecule is O=C(O)C12CC1CC1CCN12. The first-order chi connectivity index (χ1) is 5.25. The van der Waals surface area contributed by atoms with E-state index < -0.39 is 5.97 Å². The van der Waals surface area contributed by atoms with Crippen LogP contribution >= 0.6 is 0 Å². The molecule has 0 aromatic heterocycles. The maximum Gasteiger partial charge on any atom is 0.324 e. The molecule has 0 radical (unpaired) electrons. The van der Waals surface area contributed by atoms with Gasteiger partial charge in [0.25, 0.3) is 0 Å². The van der Waals surface area contributed by atoms with Gasteiger partial charge in [-0.1, -0.05) is 0 Å². The molecule has 3 nitrogen and oxygen atoms in total. The Morgan fingerprint density at radius 1 is 1.64 bits per heavy atom. The number of carbonyl (C=O) groups is 1. The average molecular weight is 153 g/mol. The lowest BCUT2D eigenvalue weighted by Gasteiger charge is -2.40. The van der Waals surface area contributed by atoms with Gasteiger partial charge in [0, 0.05) is 12.6 Å². The summed E-state index contributed by atoms with van der Waals surface area (Å²) >= 11 is 0. The van der Waals surface area contributed by atoms with Crippen LogP contribution in [0.25, 0.3) is 0 Å². The van der Waals surface area contributed by atoms with Crippen LogP contribution in [0.5, 0.6) is 0 Å². The molecule has 2 heterocycles. The topological polar surface area (TPSA) is 40.5 Å². The van der Waals surface area contributed by atoms with Crippen molar-refractivity contribution >= 4 is 5.97 Å². The lowest BCUT2D eigenvalue weighted by Crippen LogP contribution is -2.54. The van der Waals surface area contributed by atoms with Gasteiger partial charge in [0.1, 0.15) is 5.54 Å². The first-order valence-electron chi connectivity index (χ1n) is 4.25. The molecule has 3 rings (SSSR count). The Bertz CT molecular complexity index is 240. The van der Waals surface area contributed by atoms with E-state index in [0.29, 0.717) is 12.0 Å². The van der Waals surface area contributed by atoms with E-state index in [1.54, 1.807) is 0 Å². The molecule has 2 aliphatic heterocycles. The maximum absolute atomic E-state index is 10.9. The van der Waals surface area contributed by atoms with Gasteiger partial charge in [-0.3, -0.25) is 9.69 Å². The Kier molecular flexibility index (Phi) is 0.796. The molecule has 2 saturated heterocycles. The predicted octanol–water partition coefficient (Wildman–Crippen LogP) is 0.308. The zero-order valence-corrected chi connectivity index (χ0v) is 6.29. The van der Waals surface area contributed by atoms with E-state index in [0.717, 1.165) is 19.4 Å². The summed E-state index contributed by atoms with van der Waals surface area (Å²) in [6, 6.07) is 0.629. The first kappa shape index (κ1) is 6.00. The van der Waals surface area contributed by atoms with Crippen LogP contribution in [-0.2, 0) is 4.79 Å². The molecule has 3 fully saturated rings. The average Bonchev–Trinajstić information content (AvgIpc) is 2.52. The van der Waals surface area contributed by atoms with Gasteiger partial charge in [-0.15, -0.1) is 0 Å². The third-order valence-corrected chi connectivity index (χ3v) is 3.66. The van der Waals surface area contributed by atoms with E-state index in [1.807, 2.05) is 0 Å². The summed E-state index contributed by atoms with van der Waals surface area (Å²) < 4.78 is 0. The normalized spacial score (nSPS) is 52.7. The number of aliphatic carboxylic acids is 1. The van der Waals surface area contributed by atoms with Crippen LogP contribution in [0.1, 0.15) is 19.3 Å². The second kappa shape index (κ2) is 1.46. The molecule has 3 aliphatic rings. The van der Waals surface area contributed by atoms with Gasteiger partial charge in [-0.05, 0) is 25.2 Å². The minimum atomic E-state index is -0.579. The fraction of sp³-hybridized carbons (Fsp3) is 0.875. The molecular weight excluding hydrogens is 142 g/mol. The van der Waals surface area contributed by atoms with Gasteiger partial charge in [0.2, 0.25) is 0 Å². The molecule has 1 saturated carbocycles. The highest BCUT2D eigenvalue weighted by Crippen LogP contribution is 2.61. The second-order valence-electron chi connectivity index (χ2n) is 4.00. The fourth-order valence-electron chi connectivity index (χ4n) is 2.87. The van der Waals surface area contributed by atoms with Crippen LogP contribution in [0.2, 0.25) is 0 Å². The Hall–Kier alpha value is -0.570. The molecule has 1 N–H and O–H groups in total. The van der Waals surface area contributed by atoms with E-state index in [-0.39, 0.29) is 5.54 Å². The highest BCUT2D eigenvalue weighted by molar-refractivity contribution is 5.84. The number of carboxylic acids is 1. The van der Waals surface area contributed by atoms with Crippen molar-refractivity contribution in [2.45, 2.75) is 30.8 Å². The molecular formula is C8H11NO2. The number of rotatable bonds is 1. The molecule has 60 valence electrons. The third-order valence-electron chi connectivity index (χ3n) is 3.66. The number of hydrogen-bond donors (Lipinski definition) is 1. The van der Waals surface area contributed by atoms with Gasteiger partial charge in [0.05, 0.1) is 0 Å². The summed E-state index contributed by atoms with van der Waals surface area (Å²) in [6.07, 6.45) is 3.29. The summed E-state index contributed by atoms with van der Waals surface area (Å²) in [7, 11) is 0. The minimum Gasteiger partial charge on any atom is -0.480 e. The van der Waals surface area contributed by atoms with Gasteiger partial charge in [0.15, 0.2) is 0 Å². The number of fused-ring (bicyclic) bond motifs is 3. The van der Waals surface area contributed by atoms with Gasteiger partial charge < -0.3 is 5.11 Å². The zero-order valence-electron chi connectivity index (χ0n) is 6.29. The number of nitrogens with zero attached hydrogens (tertiary/aromatic N) is 1. The Morgan fingerprint density at radius 3 is 2.82 bits per heavy atom. The van der Waals surface area contributed by atoms with E-state index in [2.05, 4.69) is 4.90 Å². The minimum absolute atomic E-state index is 0.372. The molecule has 0 amide bonds. The van der Waals surface area contributed by atoms with Crippen molar-refractivity contribution in [1.29, 1.82) is 0 Å². The number of piperidine rings is 1. The molecule has 0 aromatic rings. The number of carboxylic acid groups (broad SMARTS) is 1. The standard InChI is InChI=1S/C8H11NO2/c10-7(11)8-4-5(8)3-6-1-2-9(6)8/h5-6H,1-4H2,(H,10,11).